The van der Waals surface area contributed by atoms with Crippen LogP contribution in [0.2, 0.25) is 5.02 Å². The van der Waals surface area contributed by atoms with Crippen molar-refractivity contribution >= 4 is 46.0 Å². The Kier molecular flexibility index (Phi) is 6.67. The van der Waals surface area contributed by atoms with Crippen LogP contribution in [0.3, 0.4) is 0 Å². The van der Waals surface area contributed by atoms with Gasteiger partial charge >= 0.3 is 0 Å². The molecule has 1 fully saturated rings. The molecule has 0 aliphatic heterocycles. The minimum atomic E-state index is -0.147. The Balaban J connectivity index is 1.53. The monoisotopic (exact) mass is 459 g/mol. The molecule has 2 heterocycles. The molecule has 1 amide bonds. The van der Waals surface area contributed by atoms with Crippen molar-refractivity contribution < 1.29 is 4.79 Å². The van der Waals surface area contributed by atoms with Crippen molar-refractivity contribution in [1.82, 2.24) is 19.3 Å². The molecule has 31 heavy (non-hydrogen) atoms. The molecule has 0 radical (unpaired) electrons. The minimum Gasteiger partial charge on any atom is -0.310 e. The highest BCUT2D eigenvalue weighted by Crippen LogP contribution is 2.31. The van der Waals surface area contributed by atoms with Gasteiger partial charge in [0.15, 0.2) is 5.16 Å². The highest BCUT2D eigenvalue weighted by Gasteiger charge is 2.21. The van der Waals surface area contributed by atoms with Crippen molar-refractivity contribution in [2.24, 2.45) is 5.92 Å². The van der Waals surface area contributed by atoms with E-state index >= 15 is 0 Å². The van der Waals surface area contributed by atoms with E-state index in [0.29, 0.717) is 33.7 Å². The van der Waals surface area contributed by atoms with Crippen LogP contribution in [0.4, 0.5) is 5.82 Å². The molecule has 0 atom stereocenters. The SMILES string of the molecule is CC(C)Cn1c(SCC(=O)Nc2ccnn2C2CCCC2)nc2ccc(Cl)cc2c1=O. The highest BCUT2D eigenvalue weighted by molar-refractivity contribution is 7.99. The smallest absolute Gasteiger partial charge is 0.262 e. The van der Waals surface area contributed by atoms with Crippen LogP contribution < -0.4 is 10.9 Å². The van der Waals surface area contributed by atoms with Crippen LogP contribution >= 0.6 is 23.4 Å². The summed E-state index contributed by atoms with van der Waals surface area (Å²) < 4.78 is 3.56. The van der Waals surface area contributed by atoms with Gasteiger partial charge in [0.1, 0.15) is 5.82 Å². The maximum atomic E-state index is 13.1. The largest absolute Gasteiger partial charge is 0.310 e. The van der Waals surface area contributed by atoms with Crippen LogP contribution in [-0.4, -0.2) is 31.0 Å². The number of hydrogen-bond donors (Lipinski definition) is 1. The first-order valence-electron chi connectivity index (χ1n) is 10.6. The number of fused-ring (bicyclic) bond motifs is 1. The fourth-order valence-corrected chi connectivity index (χ4v) is 4.95. The molecule has 9 heteroatoms. The fourth-order valence-electron chi connectivity index (χ4n) is 3.97. The molecule has 0 bridgehead atoms. The molecular weight excluding hydrogens is 434 g/mol. The molecule has 0 unspecified atom stereocenters. The van der Waals surface area contributed by atoms with E-state index < -0.39 is 0 Å². The first kappa shape index (κ1) is 21.9. The minimum absolute atomic E-state index is 0.136. The lowest BCUT2D eigenvalue weighted by atomic mass is 10.2. The zero-order valence-electron chi connectivity index (χ0n) is 17.7. The number of anilines is 1. The molecular formula is C22H26ClN5O2S. The molecule has 1 aliphatic rings. The number of aromatic nitrogens is 4. The van der Waals surface area contributed by atoms with Gasteiger partial charge in [0.2, 0.25) is 5.91 Å². The lowest BCUT2D eigenvalue weighted by Gasteiger charge is -2.16. The van der Waals surface area contributed by atoms with E-state index in [0.717, 1.165) is 18.7 Å². The Morgan fingerprint density at radius 3 is 2.81 bits per heavy atom. The Morgan fingerprint density at radius 1 is 1.29 bits per heavy atom. The highest BCUT2D eigenvalue weighted by atomic mass is 35.5. The molecule has 1 saturated carbocycles. The van der Waals surface area contributed by atoms with Crippen molar-refractivity contribution in [1.29, 1.82) is 0 Å². The summed E-state index contributed by atoms with van der Waals surface area (Å²) in [5.74, 6) is 0.981. The summed E-state index contributed by atoms with van der Waals surface area (Å²) in [7, 11) is 0. The Bertz CT molecular complexity index is 1150. The number of amides is 1. The molecule has 3 aromatic rings. The number of carbonyl (C=O) groups is 1. The molecule has 2 aromatic heterocycles. The van der Waals surface area contributed by atoms with Gasteiger partial charge in [-0.3, -0.25) is 14.2 Å². The van der Waals surface area contributed by atoms with Gasteiger partial charge in [0.05, 0.1) is 28.9 Å². The first-order chi connectivity index (χ1) is 14.9. The van der Waals surface area contributed by atoms with Crippen LogP contribution in [0.1, 0.15) is 45.6 Å². The zero-order chi connectivity index (χ0) is 22.0. The molecule has 1 aliphatic carbocycles. The summed E-state index contributed by atoms with van der Waals surface area (Å²) >= 11 is 7.34. The molecule has 1 N–H and O–H groups in total. The molecule has 7 nitrogen and oxygen atoms in total. The van der Waals surface area contributed by atoms with E-state index in [1.807, 2.05) is 24.6 Å². The third kappa shape index (κ3) is 4.96. The van der Waals surface area contributed by atoms with Gasteiger partial charge in [-0.2, -0.15) is 5.10 Å². The van der Waals surface area contributed by atoms with Crippen LogP contribution in [-0.2, 0) is 11.3 Å². The number of benzene rings is 1. The summed E-state index contributed by atoms with van der Waals surface area (Å²) in [5, 5.41) is 8.89. The summed E-state index contributed by atoms with van der Waals surface area (Å²) in [5.41, 5.74) is 0.444. The first-order valence-corrected chi connectivity index (χ1v) is 11.9. The quantitative estimate of drug-likeness (QED) is 0.407. The van der Waals surface area contributed by atoms with Crippen molar-refractivity contribution in [3.05, 3.63) is 45.8 Å². The number of hydrogen-bond acceptors (Lipinski definition) is 5. The summed E-state index contributed by atoms with van der Waals surface area (Å²) in [6, 6.07) is 7.28. The van der Waals surface area contributed by atoms with E-state index in [4.69, 9.17) is 11.6 Å². The lowest BCUT2D eigenvalue weighted by Crippen LogP contribution is -2.26. The number of nitrogens with one attached hydrogen (secondary N) is 1. The van der Waals surface area contributed by atoms with Crippen molar-refractivity contribution in [2.45, 2.75) is 57.3 Å². The van der Waals surface area contributed by atoms with Crippen LogP contribution in [0, 0.1) is 5.92 Å². The zero-order valence-corrected chi connectivity index (χ0v) is 19.2. The summed E-state index contributed by atoms with van der Waals surface area (Å²) in [6.07, 6.45) is 6.29. The second kappa shape index (κ2) is 9.44. The number of carbonyl (C=O) groups excluding carboxylic acids is 1. The molecule has 164 valence electrons. The lowest BCUT2D eigenvalue weighted by molar-refractivity contribution is -0.113. The van der Waals surface area contributed by atoms with E-state index in [1.54, 1.807) is 29.0 Å². The molecule has 1 aromatic carbocycles. The average Bonchev–Trinajstić information content (AvgIpc) is 3.41. The van der Waals surface area contributed by atoms with Crippen molar-refractivity contribution in [3.8, 4) is 0 Å². The van der Waals surface area contributed by atoms with Crippen LogP contribution in [0.5, 0.6) is 0 Å². The normalized spacial score (nSPS) is 14.6. The molecule has 0 saturated heterocycles. The average molecular weight is 460 g/mol. The van der Waals surface area contributed by atoms with Gasteiger partial charge in [0.25, 0.3) is 5.56 Å². The van der Waals surface area contributed by atoms with Gasteiger partial charge in [-0.05, 0) is 37.0 Å². The second-order valence-electron chi connectivity index (χ2n) is 8.30. The third-order valence-electron chi connectivity index (χ3n) is 5.37. The van der Waals surface area contributed by atoms with Gasteiger partial charge in [-0.1, -0.05) is 50.1 Å². The van der Waals surface area contributed by atoms with Crippen LogP contribution in [0.25, 0.3) is 10.9 Å². The van der Waals surface area contributed by atoms with Crippen molar-refractivity contribution in [3.63, 3.8) is 0 Å². The summed E-state index contributed by atoms with van der Waals surface area (Å²) in [6.45, 7) is 4.60. The van der Waals surface area contributed by atoms with Gasteiger partial charge in [0, 0.05) is 17.6 Å². The van der Waals surface area contributed by atoms with Crippen molar-refractivity contribution in [2.75, 3.05) is 11.1 Å². The Hall–Kier alpha value is -2.32. The standard InChI is InChI=1S/C22H26ClN5O2S/c1-14(2)12-27-21(30)17-11-15(23)7-8-18(17)25-22(27)31-13-20(29)26-19-9-10-24-28(19)16-5-3-4-6-16/h7-11,14,16H,3-6,12-13H2,1-2H3,(H,26,29). The molecule has 4 rings (SSSR count). The predicted octanol–water partition coefficient (Wildman–Crippen LogP) is 4.75. The summed E-state index contributed by atoms with van der Waals surface area (Å²) in [4.78, 5) is 30.4. The van der Waals surface area contributed by atoms with Gasteiger partial charge in [-0.15, -0.1) is 0 Å². The van der Waals surface area contributed by atoms with Gasteiger partial charge in [-0.25, -0.2) is 9.67 Å². The number of halogens is 1. The Morgan fingerprint density at radius 2 is 2.06 bits per heavy atom. The Labute approximate surface area is 190 Å². The van der Waals surface area contributed by atoms with E-state index in [1.165, 1.54) is 24.6 Å². The second-order valence-corrected chi connectivity index (χ2v) is 9.68. The number of rotatable bonds is 7. The van der Waals surface area contributed by atoms with E-state index in [9.17, 15) is 9.59 Å². The maximum Gasteiger partial charge on any atom is 0.262 e. The third-order valence-corrected chi connectivity index (χ3v) is 6.58. The van der Waals surface area contributed by atoms with Gasteiger partial charge < -0.3 is 5.32 Å². The number of thioether (sulfide) groups is 1. The maximum absolute atomic E-state index is 13.1. The molecule has 0 spiro atoms. The van der Waals surface area contributed by atoms with Crippen LogP contribution in [0.15, 0.2) is 40.4 Å². The predicted molar refractivity (Wildman–Crippen MR) is 125 cm³/mol. The number of nitrogens with zero attached hydrogens (tertiary/aromatic N) is 4. The van der Waals surface area contributed by atoms with E-state index in [-0.39, 0.29) is 23.1 Å². The topological polar surface area (TPSA) is 81.8 Å². The van der Waals surface area contributed by atoms with E-state index in [2.05, 4.69) is 15.4 Å². The fraction of sp³-hybridized carbons (Fsp3) is 0.455.